The van der Waals surface area contributed by atoms with Gasteiger partial charge in [-0.25, -0.2) is 0 Å². The number of aliphatic hydroxyl groups excluding tert-OH is 2. The molecular formula is C14H22O2. The standard InChI is InChI=1S/C14H22O2/c1-9(2)11-5-6-12(14(16)8-15)13(7-11)10(3)4/h5-7,9-10,14-16H,8H2,1-4H3/t14-/m0/s1. The van der Waals surface area contributed by atoms with Crippen molar-refractivity contribution in [3.8, 4) is 0 Å². The normalized spacial score (nSPS) is 13.5. The Kier molecular flexibility index (Phi) is 4.51. The van der Waals surface area contributed by atoms with Crippen molar-refractivity contribution < 1.29 is 10.2 Å². The second kappa shape index (κ2) is 5.46. The zero-order chi connectivity index (χ0) is 12.3. The first kappa shape index (κ1) is 13.2. The minimum Gasteiger partial charge on any atom is -0.393 e. The molecule has 0 radical (unpaired) electrons. The summed E-state index contributed by atoms with van der Waals surface area (Å²) in [6.45, 7) is 8.30. The molecule has 0 spiro atoms. The Bertz CT molecular complexity index is 343. The van der Waals surface area contributed by atoms with Gasteiger partial charge in [-0.3, -0.25) is 0 Å². The van der Waals surface area contributed by atoms with Crippen molar-refractivity contribution in [2.75, 3.05) is 6.61 Å². The smallest absolute Gasteiger partial charge is 0.102 e. The second-order valence-electron chi connectivity index (χ2n) is 4.90. The molecular weight excluding hydrogens is 200 g/mol. The first-order valence-corrected chi connectivity index (χ1v) is 5.90. The fourth-order valence-corrected chi connectivity index (χ4v) is 1.85. The zero-order valence-corrected chi connectivity index (χ0v) is 10.6. The predicted molar refractivity (Wildman–Crippen MR) is 66.7 cm³/mol. The lowest BCUT2D eigenvalue weighted by Crippen LogP contribution is -2.08. The van der Waals surface area contributed by atoms with E-state index in [9.17, 15) is 5.11 Å². The Hall–Kier alpha value is -0.860. The summed E-state index contributed by atoms with van der Waals surface area (Å²) in [5.74, 6) is 0.840. The highest BCUT2D eigenvalue weighted by Gasteiger charge is 2.15. The Morgan fingerprint density at radius 3 is 2.06 bits per heavy atom. The molecule has 0 bridgehead atoms. The third kappa shape index (κ3) is 2.83. The molecule has 0 saturated carbocycles. The first-order chi connectivity index (χ1) is 7.47. The van der Waals surface area contributed by atoms with Gasteiger partial charge in [0.1, 0.15) is 6.10 Å². The van der Waals surface area contributed by atoms with E-state index in [1.165, 1.54) is 5.56 Å². The SMILES string of the molecule is CC(C)c1ccc([C@@H](O)CO)c(C(C)C)c1. The highest BCUT2D eigenvalue weighted by molar-refractivity contribution is 5.37. The van der Waals surface area contributed by atoms with Crippen LogP contribution in [0.2, 0.25) is 0 Å². The molecule has 1 atom stereocenters. The van der Waals surface area contributed by atoms with E-state index >= 15 is 0 Å². The average molecular weight is 222 g/mol. The van der Waals surface area contributed by atoms with Crippen molar-refractivity contribution in [1.82, 2.24) is 0 Å². The lowest BCUT2D eigenvalue weighted by Gasteiger charge is -2.19. The molecule has 0 aromatic heterocycles. The molecule has 0 amide bonds. The number of hydrogen-bond donors (Lipinski definition) is 2. The summed E-state index contributed by atoms with van der Waals surface area (Å²) in [5.41, 5.74) is 3.26. The van der Waals surface area contributed by atoms with E-state index in [2.05, 4.69) is 33.8 Å². The number of aliphatic hydroxyl groups is 2. The van der Waals surface area contributed by atoms with Crippen molar-refractivity contribution in [2.24, 2.45) is 0 Å². The fourth-order valence-electron chi connectivity index (χ4n) is 1.85. The van der Waals surface area contributed by atoms with Gasteiger partial charge in [-0.2, -0.15) is 0 Å². The molecule has 2 N–H and O–H groups in total. The Labute approximate surface area is 97.9 Å². The second-order valence-corrected chi connectivity index (χ2v) is 4.90. The maximum absolute atomic E-state index is 9.74. The lowest BCUT2D eigenvalue weighted by molar-refractivity contribution is 0.0947. The summed E-state index contributed by atoms with van der Waals surface area (Å²) in [6.07, 6.45) is -0.765. The molecule has 0 unspecified atom stereocenters. The van der Waals surface area contributed by atoms with Crippen LogP contribution in [0.4, 0.5) is 0 Å². The maximum Gasteiger partial charge on any atom is 0.102 e. The molecule has 1 aromatic rings. The van der Waals surface area contributed by atoms with Crippen LogP contribution in [0.5, 0.6) is 0 Å². The van der Waals surface area contributed by atoms with Gasteiger partial charge in [0.05, 0.1) is 6.61 Å². The molecule has 0 fully saturated rings. The summed E-state index contributed by atoms with van der Waals surface area (Å²) in [6, 6.07) is 6.11. The van der Waals surface area contributed by atoms with Gasteiger partial charge in [0.25, 0.3) is 0 Å². The van der Waals surface area contributed by atoms with E-state index in [-0.39, 0.29) is 6.61 Å². The van der Waals surface area contributed by atoms with E-state index in [0.29, 0.717) is 11.8 Å². The van der Waals surface area contributed by atoms with E-state index in [0.717, 1.165) is 11.1 Å². The Morgan fingerprint density at radius 2 is 1.62 bits per heavy atom. The van der Waals surface area contributed by atoms with Crippen LogP contribution in [0.1, 0.15) is 62.3 Å². The van der Waals surface area contributed by atoms with Crippen molar-refractivity contribution in [1.29, 1.82) is 0 Å². The lowest BCUT2D eigenvalue weighted by atomic mass is 9.89. The topological polar surface area (TPSA) is 40.5 Å². The molecule has 0 heterocycles. The van der Waals surface area contributed by atoms with Crippen LogP contribution in [0, 0.1) is 0 Å². The summed E-state index contributed by atoms with van der Waals surface area (Å²) in [4.78, 5) is 0. The van der Waals surface area contributed by atoms with Gasteiger partial charge in [0.2, 0.25) is 0 Å². The molecule has 90 valence electrons. The Morgan fingerprint density at radius 1 is 1.00 bits per heavy atom. The highest BCUT2D eigenvalue weighted by Crippen LogP contribution is 2.28. The highest BCUT2D eigenvalue weighted by atomic mass is 16.3. The summed E-state index contributed by atoms with van der Waals surface area (Å²) >= 11 is 0. The largest absolute Gasteiger partial charge is 0.393 e. The van der Waals surface area contributed by atoms with E-state index in [1.807, 2.05) is 12.1 Å². The van der Waals surface area contributed by atoms with Gasteiger partial charge in [0, 0.05) is 0 Å². The minimum absolute atomic E-state index is 0.221. The molecule has 16 heavy (non-hydrogen) atoms. The van der Waals surface area contributed by atoms with Gasteiger partial charge >= 0.3 is 0 Å². The monoisotopic (exact) mass is 222 g/mol. The molecule has 2 nitrogen and oxygen atoms in total. The van der Waals surface area contributed by atoms with Crippen LogP contribution in [0.15, 0.2) is 18.2 Å². The summed E-state index contributed by atoms with van der Waals surface area (Å²) < 4.78 is 0. The van der Waals surface area contributed by atoms with Crippen molar-refractivity contribution in [2.45, 2.75) is 45.6 Å². The van der Waals surface area contributed by atoms with Crippen LogP contribution < -0.4 is 0 Å². The Balaban J connectivity index is 3.19. The fraction of sp³-hybridized carbons (Fsp3) is 0.571. The third-order valence-electron chi connectivity index (χ3n) is 2.93. The van der Waals surface area contributed by atoms with Gasteiger partial charge in [-0.15, -0.1) is 0 Å². The van der Waals surface area contributed by atoms with Gasteiger partial charge < -0.3 is 10.2 Å². The predicted octanol–water partition coefficient (Wildman–Crippen LogP) is 2.96. The van der Waals surface area contributed by atoms with Crippen molar-refractivity contribution in [3.63, 3.8) is 0 Å². The van der Waals surface area contributed by atoms with Crippen LogP contribution in [0.3, 0.4) is 0 Å². The molecule has 0 aliphatic rings. The number of benzene rings is 1. The van der Waals surface area contributed by atoms with Crippen molar-refractivity contribution >= 4 is 0 Å². The minimum atomic E-state index is -0.765. The average Bonchev–Trinajstić information content (AvgIpc) is 2.26. The summed E-state index contributed by atoms with van der Waals surface area (Å²) in [7, 11) is 0. The molecule has 0 saturated heterocycles. The number of hydrogen-bond acceptors (Lipinski definition) is 2. The van der Waals surface area contributed by atoms with Crippen LogP contribution >= 0.6 is 0 Å². The van der Waals surface area contributed by atoms with E-state index in [4.69, 9.17) is 5.11 Å². The van der Waals surface area contributed by atoms with Gasteiger partial charge in [-0.1, -0.05) is 45.9 Å². The quantitative estimate of drug-likeness (QED) is 0.822. The third-order valence-corrected chi connectivity index (χ3v) is 2.93. The van der Waals surface area contributed by atoms with Crippen LogP contribution in [-0.2, 0) is 0 Å². The van der Waals surface area contributed by atoms with E-state index in [1.54, 1.807) is 0 Å². The summed E-state index contributed by atoms with van der Waals surface area (Å²) in [5, 5.41) is 18.8. The molecule has 1 aromatic carbocycles. The molecule has 0 aliphatic heterocycles. The zero-order valence-electron chi connectivity index (χ0n) is 10.6. The first-order valence-electron chi connectivity index (χ1n) is 5.90. The van der Waals surface area contributed by atoms with E-state index < -0.39 is 6.10 Å². The molecule has 1 rings (SSSR count). The van der Waals surface area contributed by atoms with Gasteiger partial charge in [0.15, 0.2) is 0 Å². The van der Waals surface area contributed by atoms with Gasteiger partial charge in [-0.05, 0) is 28.5 Å². The van der Waals surface area contributed by atoms with Crippen LogP contribution in [-0.4, -0.2) is 16.8 Å². The number of rotatable bonds is 4. The molecule has 0 aliphatic carbocycles. The van der Waals surface area contributed by atoms with Crippen molar-refractivity contribution in [3.05, 3.63) is 34.9 Å². The van der Waals surface area contributed by atoms with Crippen LogP contribution in [0.25, 0.3) is 0 Å². The maximum atomic E-state index is 9.74. The molecule has 2 heteroatoms.